The van der Waals surface area contributed by atoms with Crippen LogP contribution in [0.1, 0.15) is 16.1 Å². The zero-order valence-corrected chi connectivity index (χ0v) is 16.9. The summed E-state index contributed by atoms with van der Waals surface area (Å²) in [6.45, 7) is 0.407. The van der Waals surface area contributed by atoms with Crippen molar-refractivity contribution in [1.29, 1.82) is 0 Å². The van der Waals surface area contributed by atoms with Gasteiger partial charge in [0.1, 0.15) is 11.4 Å². The van der Waals surface area contributed by atoms with Gasteiger partial charge < -0.3 is 14.6 Å². The minimum atomic E-state index is -0.149. The Hall–Kier alpha value is -3.31. The molecule has 1 amide bonds. The first-order valence-electron chi connectivity index (χ1n) is 9.17. The molecule has 5 nitrogen and oxygen atoms in total. The lowest BCUT2D eigenvalue weighted by molar-refractivity contribution is 0.0943. The smallest absolute Gasteiger partial charge is 0.268 e. The van der Waals surface area contributed by atoms with Gasteiger partial charge in [-0.25, -0.2) is 0 Å². The van der Waals surface area contributed by atoms with E-state index < -0.39 is 0 Å². The number of nitrogens with one attached hydrogen (secondary N) is 1. The second-order valence-corrected chi connectivity index (χ2v) is 7.19. The van der Waals surface area contributed by atoms with Gasteiger partial charge >= 0.3 is 0 Å². The maximum Gasteiger partial charge on any atom is 0.268 e. The van der Waals surface area contributed by atoms with Gasteiger partial charge in [0.25, 0.3) is 5.91 Å². The summed E-state index contributed by atoms with van der Waals surface area (Å²) in [5, 5.41) is 4.59. The maximum absolute atomic E-state index is 12.8. The van der Waals surface area contributed by atoms with Crippen molar-refractivity contribution in [2.75, 3.05) is 7.11 Å². The topological polar surface area (TPSA) is 56.1 Å². The van der Waals surface area contributed by atoms with Gasteiger partial charge in [0.2, 0.25) is 0 Å². The van der Waals surface area contributed by atoms with Gasteiger partial charge in [-0.05, 0) is 41.5 Å². The second-order valence-electron chi connectivity index (χ2n) is 6.75. The van der Waals surface area contributed by atoms with Crippen molar-refractivity contribution in [2.45, 2.75) is 6.54 Å². The molecule has 6 heteroatoms. The Morgan fingerprint density at radius 2 is 1.93 bits per heavy atom. The van der Waals surface area contributed by atoms with Crippen LogP contribution in [0.15, 0.2) is 67.0 Å². The Morgan fingerprint density at radius 1 is 1.14 bits per heavy atom. The van der Waals surface area contributed by atoms with Gasteiger partial charge in [0.05, 0.1) is 18.8 Å². The highest BCUT2D eigenvalue weighted by atomic mass is 35.5. The summed E-state index contributed by atoms with van der Waals surface area (Å²) in [5.41, 5.74) is 4.40. The molecule has 4 rings (SSSR count). The van der Waals surface area contributed by atoms with Crippen molar-refractivity contribution in [3.05, 3.63) is 83.3 Å². The summed E-state index contributed by atoms with van der Waals surface area (Å²) >= 11 is 6.02. The Bertz CT molecular complexity index is 1180. The van der Waals surface area contributed by atoms with Crippen LogP contribution in [0.4, 0.5) is 0 Å². The van der Waals surface area contributed by atoms with Gasteiger partial charge in [0, 0.05) is 35.8 Å². The number of carbonyl (C=O) groups excluding carboxylic acids is 1. The lowest BCUT2D eigenvalue weighted by Crippen LogP contribution is -2.24. The average molecular weight is 406 g/mol. The fraction of sp³-hybridized carbons (Fsp3) is 0.130. The fourth-order valence-electron chi connectivity index (χ4n) is 3.38. The van der Waals surface area contributed by atoms with Crippen LogP contribution in [0.25, 0.3) is 22.0 Å². The molecule has 1 N–H and O–H groups in total. The van der Waals surface area contributed by atoms with E-state index in [1.165, 1.54) is 0 Å². The number of carbonyl (C=O) groups is 1. The standard InChI is InChI=1S/C23H20ClN3O2/c1-27-21(23(28)26-12-15-4-3-5-17(24)10-15)11-19-20(13-25-14-22(19)27)16-6-8-18(29-2)9-7-16/h3-11,13-14H,12H2,1-2H3,(H,26,28). The highest BCUT2D eigenvalue weighted by molar-refractivity contribution is 6.30. The molecule has 146 valence electrons. The Morgan fingerprint density at radius 3 is 2.66 bits per heavy atom. The van der Waals surface area contributed by atoms with Crippen LogP contribution in [0, 0.1) is 0 Å². The summed E-state index contributed by atoms with van der Waals surface area (Å²) in [7, 11) is 3.51. The number of ether oxygens (including phenoxy) is 1. The first-order valence-corrected chi connectivity index (χ1v) is 9.55. The van der Waals surface area contributed by atoms with Crippen LogP contribution in [0.2, 0.25) is 5.02 Å². The lowest BCUT2D eigenvalue weighted by Gasteiger charge is -2.07. The van der Waals surface area contributed by atoms with Crippen molar-refractivity contribution in [2.24, 2.45) is 7.05 Å². The van der Waals surface area contributed by atoms with Gasteiger partial charge in [-0.3, -0.25) is 9.78 Å². The molecule has 0 saturated carbocycles. The molecule has 2 aromatic heterocycles. The highest BCUT2D eigenvalue weighted by Crippen LogP contribution is 2.30. The third-order valence-corrected chi connectivity index (χ3v) is 5.18. The lowest BCUT2D eigenvalue weighted by atomic mass is 10.0. The largest absolute Gasteiger partial charge is 0.497 e. The van der Waals surface area contributed by atoms with Crippen LogP contribution >= 0.6 is 11.6 Å². The predicted octanol–water partition coefficient (Wildman–Crippen LogP) is 4.83. The van der Waals surface area contributed by atoms with Gasteiger partial charge in [-0.1, -0.05) is 35.9 Å². The number of halogens is 1. The van der Waals surface area contributed by atoms with Crippen LogP contribution in [0.3, 0.4) is 0 Å². The molecule has 0 fully saturated rings. The zero-order chi connectivity index (χ0) is 20.4. The van der Waals surface area contributed by atoms with E-state index in [0.29, 0.717) is 17.3 Å². The van der Waals surface area contributed by atoms with E-state index in [1.54, 1.807) is 13.3 Å². The van der Waals surface area contributed by atoms with E-state index in [2.05, 4.69) is 10.3 Å². The summed E-state index contributed by atoms with van der Waals surface area (Å²) < 4.78 is 7.10. The number of rotatable bonds is 5. The molecular formula is C23H20ClN3O2. The first kappa shape index (κ1) is 19.0. The number of hydrogen-bond acceptors (Lipinski definition) is 3. The minimum Gasteiger partial charge on any atom is -0.497 e. The number of nitrogens with zero attached hydrogens (tertiary/aromatic N) is 2. The Kier molecular flexibility index (Phi) is 5.23. The molecule has 0 spiro atoms. The Balaban J connectivity index is 1.65. The number of aryl methyl sites for hydroxylation is 1. The van der Waals surface area contributed by atoms with Crippen molar-refractivity contribution >= 4 is 28.4 Å². The number of amides is 1. The minimum absolute atomic E-state index is 0.149. The third kappa shape index (κ3) is 3.82. The molecular weight excluding hydrogens is 386 g/mol. The molecule has 2 aromatic carbocycles. The molecule has 0 saturated heterocycles. The van der Waals surface area contributed by atoms with Gasteiger partial charge in [-0.15, -0.1) is 0 Å². The van der Waals surface area contributed by atoms with Crippen molar-refractivity contribution < 1.29 is 9.53 Å². The van der Waals surface area contributed by atoms with E-state index >= 15 is 0 Å². The molecule has 29 heavy (non-hydrogen) atoms. The number of fused-ring (bicyclic) bond motifs is 1. The van der Waals surface area contributed by atoms with Crippen LogP contribution in [0.5, 0.6) is 5.75 Å². The van der Waals surface area contributed by atoms with E-state index in [1.807, 2.05) is 72.4 Å². The number of pyridine rings is 1. The maximum atomic E-state index is 12.8. The monoisotopic (exact) mass is 405 g/mol. The second kappa shape index (κ2) is 7.97. The molecule has 0 aliphatic heterocycles. The summed E-state index contributed by atoms with van der Waals surface area (Å²) in [6, 6.07) is 17.2. The van der Waals surface area contributed by atoms with Crippen molar-refractivity contribution in [3.63, 3.8) is 0 Å². The average Bonchev–Trinajstić information content (AvgIpc) is 3.09. The summed E-state index contributed by atoms with van der Waals surface area (Å²) in [5.74, 6) is 0.646. The van der Waals surface area contributed by atoms with Crippen molar-refractivity contribution in [3.8, 4) is 16.9 Å². The summed E-state index contributed by atoms with van der Waals surface area (Å²) in [4.78, 5) is 17.2. The van der Waals surface area contributed by atoms with Gasteiger partial charge in [0.15, 0.2) is 0 Å². The predicted molar refractivity (Wildman–Crippen MR) is 115 cm³/mol. The number of hydrogen-bond donors (Lipinski definition) is 1. The SMILES string of the molecule is COc1ccc(-c2cncc3c2cc(C(=O)NCc2cccc(Cl)c2)n3C)cc1. The molecule has 0 aliphatic rings. The van der Waals surface area contributed by atoms with E-state index in [0.717, 1.165) is 33.3 Å². The van der Waals surface area contributed by atoms with Crippen LogP contribution < -0.4 is 10.1 Å². The summed E-state index contributed by atoms with van der Waals surface area (Å²) in [6.07, 6.45) is 3.59. The Labute approximate surface area is 173 Å². The van der Waals surface area contributed by atoms with Crippen LogP contribution in [-0.4, -0.2) is 22.6 Å². The van der Waals surface area contributed by atoms with Gasteiger partial charge in [-0.2, -0.15) is 0 Å². The van der Waals surface area contributed by atoms with E-state index in [9.17, 15) is 4.79 Å². The molecule has 0 atom stereocenters. The van der Waals surface area contributed by atoms with Crippen molar-refractivity contribution in [1.82, 2.24) is 14.9 Å². The third-order valence-electron chi connectivity index (χ3n) is 4.95. The zero-order valence-electron chi connectivity index (χ0n) is 16.1. The van der Waals surface area contributed by atoms with E-state index in [-0.39, 0.29) is 5.91 Å². The molecule has 2 heterocycles. The number of benzene rings is 2. The molecule has 0 aliphatic carbocycles. The highest BCUT2D eigenvalue weighted by Gasteiger charge is 2.16. The number of methoxy groups -OCH3 is 1. The molecule has 0 radical (unpaired) electrons. The fourth-order valence-corrected chi connectivity index (χ4v) is 3.59. The van der Waals surface area contributed by atoms with E-state index in [4.69, 9.17) is 16.3 Å². The molecule has 0 bridgehead atoms. The normalized spacial score (nSPS) is 10.9. The first-order chi connectivity index (χ1) is 14.1. The quantitative estimate of drug-likeness (QED) is 0.517. The van der Waals surface area contributed by atoms with Crippen LogP contribution in [-0.2, 0) is 13.6 Å². The molecule has 4 aromatic rings. The number of aromatic nitrogens is 2. The molecule has 0 unspecified atom stereocenters.